The van der Waals surface area contributed by atoms with Gasteiger partial charge in [0.2, 0.25) is 0 Å². The fourth-order valence-corrected chi connectivity index (χ4v) is 6.52. The first-order chi connectivity index (χ1) is 21.0. The van der Waals surface area contributed by atoms with Gasteiger partial charge in [-0.05, 0) is 48.0 Å². The molecule has 5 aromatic carbocycles. The van der Waals surface area contributed by atoms with Crippen LogP contribution in [0.3, 0.4) is 0 Å². The minimum atomic E-state index is -5.06. The van der Waals surface area contributed by atoms with Crippen molar-refractivity contribution >= 4 is 54.5 Å². The number of para-hydroxylation sites is 1. The molecule has 10 nitrogen and oxygen atoms in total. The lowest BCUT2D eigenvalue weighted by molar-refractivity contribution is -0.113. The Bertz CT molecular complexity index is 2220. The van der Waals surface area contributed by atoms with E-state index in [9.17, 15) is 30.7 Å². The topological polar surface area (TPSA) is 151 Å². The van der Waals surface area contributed by atoms with Crippen LogP contribution in [0, 0.1) is 0 Å². The molecule has 1 amide bonds. The summed E-state index contributed by atoms with van der Waals surface area (Å²) < 4.78 is 75.7. The first-order valence-corrected chi connectivity index (χ1v) is 15.9. The first-order valence-electron chi connectivity index (χ1n) is 13.0. The van der Waals surface area contributed by atoms with Gasteiger partial charge in [0.1, 0.15) is 32.8 Å². The molecule has 5 aromatic rings. The second-order valence-corrected chi connectivity index (χ2v) is 12.4. The highest BCUT2D eigenvalue weighted by molar-refractivity contribution is 7.86. The Morgan fingerprint density at radius 1 is 0.682 bits per heavy atom. The van der Waals surface area contributed by atoms with Crippen molar-refractivity contribution in [2.45, 2.75) is 9.79 Å². The number of amides is 1. The van der Waals surface area contributed by atoms with E-state index < -0.39 is 35.9 Å². The van der Waals surface area contributed by atoms with Crippen molar-refractivity contribution < 1.29 is 35.5 Å². The molecule has 1 heterocycles. The molecule has 44 heavy (non-hydrogen) atoms. The molecule has 1 aliphatic rings. The third-order valence-electron chi connectivity index (χ3n) is 6.76. The maximum Gasteiger partial charge on any atom is 0.297 e. The Hall–Kier alpha value is -5.14. The van der Waals surface area contributed by atoms with Crippen LogP contribution in [0.2, 0.25) is 0 Å². The Morgan fingerprint density at radius 2 is 1.34 bits per heavy atom. The molecule has 0 radical (unpaired) electrons. The molecule has 0 aliphatic carbocycles. The summed E-state index contributed by atoms with van der Waals surface area (Å²) in [6.07, 6.45) is 1.52. The van der Waals surface area contributed by atoms with Crippen LogP contribution in [0.15, 0.2) is 136 Å². The third kappa shape index (κ3) is 5.62. The number of nitrogens with zero attached hydrogens (tertiary/aromatic N) is 2. The second kappa shape index (κ2) is 11.2. The molecule has 6 rings (SSSR count). The monoisotopic (exact) mass is 626 g/mol. The predicted molar refractivity (Wildman–Crippen MR) is 165 cm³/mol. The van der Waals surface area contributed by atoms with Crippen LogP contribution in [0.4, 0.5) is 5.69 Å². The SMILES string of the molecule is O=C1C(=Cc2cccc(Oc3ccccc3)c2)N=C(c2ccccc2)N1c1ccc2c(S(=O)(=O)O)cccc2c1S(=O)(=O)O. The summed E-state index contributed by atoms with van der Waals surface area (Å²) in [5, 5.41) is -0.384. The highest BCUT2D eigenvalue weighted by atomic mass is 32.2. The Kier molecular flexibility index (Phi) is 7.35. The molecule has 0 aromatic heterocycles. The summed E-state index contributed by atoms with van der Waals surface area (Å²) in [5.41, 5.74) is 0.753. The minimum absolute atomic E-state index is 0.0335. The van der Waals surface area contributed by atoms with E-state index in [4.69, 9.17) is 4.74 Å². The summed E-state index contributed by atoms with van der Waals surface area (Å²) in [7, 11) is -9.82. The van der Waals surface area contributed by atoms with Gasteiger partial charge in [0.25, 0.3) is 26.1 Å². The zero-order valence-electron chi connectivity index (χ0n) is 22.6. The van der Waals surface area contributed by atoms with Gasteiger partial charge in [0.05, 0.1) is 5.69 Å². The third-order valence-corrected chi connectivity index (χ3v) is 8.62. The number of amidine groups is 1. The molecular formula is C32H22N2O8S2. The van der Waals surface area contributed by atoms with Gasteiger partial charge in [-0.1, -0.05) is 78.9 Å². The van der Waals surface area contributed by atoms with Gasteiger partial charge in [-0.25, -0.2) is 4.99 Å². The first kappa shape index (κ1) is 29.0. The zero-order chi connectivity index (χ0) is 31.1. The molecule has 2 N–H and O–H groups in total. The number of carbonyl (C=O) groups is 1. The number of benzene rings is 5. The molecule has 0 unspecified atom stereocenters. The second-order valence-electron chi connectivity index (χ2n) is 9.67. The van der Waals surface area contributed by atoms with E-state index in [1.54, 1.807) is 66.7 Å². The van der Waals surface area contributed by atoms with Crippen molar-refractivity contribution in [2.24, 2.45) is 4.99 Å². The smallest absolute Gasteiger partial charge is 0.297 e. The van der Waals surface area contributed by atoms with E-state index in [0.717, 1.165) is 11.0 Å². The van der Waals surface area contributed by atoms with Gasteiger partial charge in [-0.3, -0.25) is 18.8 Å². The summed E-state index contributed by atoms with van der Waals surface area (Å²) in [6.45, 7) is 0. The lowest BCUT2D eigenvalue weighted by atomic mass is 10.1. The number of hydrogen-bond donors (Lipinski definition) is 2. The van der Waals surface area contributed by atoms with E-state index in [2.05, 4.69) is 4.99 Å². The summed E-state index contributed by atoms with van der Waals surface area (Å²) >= 11 is 0. The molecule has 12 heteroatoms. The van der Waals surface area contributed by atoms with Crippen molar-refractivity contribution in [1.82, 2.24) is 0 Å². The van der Waals surface area contributed by atoms with Crippen LogP contribution in [-0.4, -0.2) is 37.7 Å². The fourth-order valence-electron chi connectivity index (χ4n) is 4.93. The van der Waals surface area contributed by atoms with Crippen LogP contribution in [0.5, 0.6) is 11.5 Å². The normalized spacial score (nSPS) is 14.7. The highest BCUT2D eigenvalue weighted by Gasteiger charge is 2.37. The molecule has 0 bridgehead atoms. The van der Waals surface area contributed by atoms with Crippen LogP contribution in [0.25, 0.3) is 16.8 Å². The number of rotatable bonds is 7. The number of carbonyl (C=O) groups excluding carboxylic acids is 1. The molecular weight excluding hydrogens is 604 g/mol. The zero-order valence-corrected chi connectivity index (χ0v) is 24.2. The van der Waals surface area contributed by atoms with E-state index >= 15 is 0 Å². The number of ether oxygens (including phenoxy) is 1. The minimum Gasteiger partial charge on any atom is -0.457 e. The quantitative estimate of drug-likeness (QED) is 0.166. The van der Waals surface area contributed by atoms with Crippen molar-refractivity contribution in [3.05, 3.63) is 132 Å². The maximum absolute atomic E-state index is 14.0. The maximum atomic E-state index is 14.0. The van der Waals surface area contributed by atoms with Gasteiger partial charge < -0.3 is 4.74 Å². The molecule has 0 atom stereocenters. The molecule has 220 valence electrons. The molecule has 0 saturated carbocycles. The van der Waals surface area contributed by atoms with E-state index in [1.807, 2.05) is 18.2 Å². The average molecular weight is 627 g/mol. The highest BCUT2D eigenvalue weighted by Crippen LogP contribution is 2.39. The number of hydrogen-bond acceptors (Lipinski definition) is 7. The Morgan fingerprint density at radius 3 is 2.02 bits per heavy atom. The van der Waals surface area contributed by atoms with Crippen molar-refractivity contribution in [3.8, 4) is 11.5 Å². The summed E-state index contributed by atoms with van der Waals surface area (Å²) in [6, 6.07) is 30.7. The van der Waals surface area contributed by atoms with Crippen molar-refractivity contribution in [1.29, 1.82) is 0 Å². The summed E-state index contributed by atoms with van der Waals surface area (Å²) in [5.74, 6) is 0.510. The average Bonchev–Trinajstić information content (AvgIpc) is 3.31. The molecule has 0 saturated heterocycles. The van der Waals surface area contributed by atoms with Crippen LogP contribution in [-0.2, 0) is 25.0 Å². The molecule has 0 fully saturated rings. The van der Waals surface area contributed by atoms with Crippen LogP contribution < -0.4 is 9.64 Å². The number of aliphatic imine (C=N–C) groups is 1. The number of anilines is 1. The Labute approximate surface area is 252 Å². The molecule has 1 aliphatic heterocycles. The fraction of sp³-hybridized carbons (Fsp3) is 0. The molecule has 0 spiro atoms. The Balaban J connectivity index is 1.51. The van der Waals surface area contributed by atoms with Gasteiger partial charge in [0, 0.05) is 16.3 Å². The van der Waals surface area contributed by atoms with Gasteiger partial charge in [-0.2, -0.15) is 16.8 Å². The van der Waals surface area contributed by atoms with Gasteiger partial charge in [-0.15, -0.1) is 0 Å². The van der Waals surface area contributed by atoms with Crippen LogP contribution >= 0.6 is 0 Å². The number of fused-ring (bicyclic) bond motifs is 1. The largest absolute Gasteiger partial charge is 0.457 e. The summed E-state index contributed by atoms with van der Waals surface area (Å²) in [4.78, 5) is 18.3. The van der Waals surface area contributed by atoms with E-state index in [1.165, 1.54) is 30.3 Å². The lowest BCUT2D eigenvalue weighted by Gasteiger charge is -2.22. The van der Waals surface area contributed by atoms with E-state index in [0.29, 0.717) is 22.6 Å². The standard InChI is InChI=1S/C32H22N2O8S2/c35-32-27(20-21-9-7-14-24(19-21)42-23-12-5-2-6-13-23)33-31(22-10-3-1-4-11-22)34(32)28-18-17-25-26(30(28)44(39,40)41)15-8-16-29(25)43(36,37)38/h1-20H,(H,36,37,38)(H,39,40,41). The lowest BCUT2D eigenvalue weighted by Crippen LogP contribution is -2.34. The van der Waals surface area contributed by atoms with E-state index in [-0.39, 0.29) is 28.0 Å². The van der Waals surface area contributed by atoms with Gasteiger partial charge >= 0.3 is 0 Å². The van der Waals surface area contributed by atoms with Crippen LogP contribution in [0.1, 0.15) is 11.1 Å². The van der Waals surface area contributed by atoms with Crippen molar-refractivity contribution in [3.63, 3.8) is 0 Å². The predicted octanol–water partition coefficient (Wildman–Crippen LogP) is 5.96. The van der Waals surface area contributed by atoms with Gasteiger partial charge in [0.15, 0.2) is 0 Å². The van der Waals surface area contributed by atoms with Crippen molar-refractivity contribution in [2.75, 3.05) is 4.90 Å².